The fourth-order valence-corrected chi connectivity index (χ4v) is 2.65. The molecule has 2 amide bonds. The number of carbonyl (C=O) groups excluding carboxylic acids is 2. The van der Waals surface area contributed by atoms with Gasteiger partial charge in [0.15, 0.2) is 0 Å². The highest BCUT2D eigenvalue weighted by atomic mass is 19.1. The molecule has 5 nitrogen and oxygen atoms in total. The molecule has 0 N–H and O–H groups in total. The first-order valence-corrected chi connectivity index (χ1v) is 6.93. The van der Waals surface area contributed by atoms with Crippen LogP contribution in [0.2, 0.25) is 0 Å². The molecule has 2 aromatic carbocycles. The first kappa shape index (κ1) is 15.0. The molecule has 1 aliphatic heterocycles. The molecule has 6 heteroatoms. The van der Waals surface area contributed by atoms with E-state index < -0.39 is 17.6 Å². The van der Waals surface area contributed by atoms with Gasteiger partial charge in [0.25, 0.3) is 5.91 Å². The lowest BCUT2D eigenvalue weighted by Crippen LogP contribution is -2.43. The second kappa shape index (κ2) is 5.72. The minimum absolute atomic E-state index is 0.0387. The van der Waals surface area contributed by atoms with Gasteiger partial charge in [-0.25, -0.2) is 9.29 Å². The van der Waals surface area contributed by atoms with Crippen LogP contribution in [0.1, 0.15) is 15.9 Å². The molecule has 0 spiro atoms. The van der Waals surface area contributed by atoms with Crippen LogP contribution in [0.4, 0.5) is 10.1 Å². The van der Waals surface area contributed by atoms with Crippen LogP contribution in [-0.2, 0) is 11.2 Å². The SMILES string of the molecule is COc1cc2c(c(OC)c1)C(=O)N(c1ccccc1F)C(=O)C2. The molecular weight excluding hydrogens is 301 g/mol. The molecule has 0 aromatic heterocycles. The number of rotatable bonds is 3. The molecule has 0 saturated carbocycles. The van der Waals surface area contributed by atoms with Crippen molar-refractivity contribution in [2.45, 2.75) is 6.42 Å². The number of fused-ring (bicyclic) bond motifs is 1. The van der Waals surface area contributed by atoms with Gasteiger partial charge in [-0.1, -0.05) is 12.1 Å². The van der Waals surface area contributed by atoms with Gasteiger partial charge in [0.1, 0.15) is 17.3 Å². The number of imide groups is 1. The molecule has 23 heavy (non-hydrogen) atoms. The summed E-state index contributed by atoms with van der Waals surface area (Å²) in [5.41, 5.74) is 0.686. The van der Waals surface area contributed by atoms with E-state index in [4.69, 9.17) is 9.47 Å². The molecular formula is C17H14FNO4. The lowest BCUT2D eigenvalue weighted by atomic mass is 9.96. The van der Waals surface area contributed by atoms with Crippen molar-refractivity contribution in [3.8, 4) is 11.5 Å². The van der Waals surface area contributed by atoms with Gasteiger partial charge in [0.05, 0.1) is 31.9 Å². The Bertz CT molecular complexity index is 803. The van der Waals surface area contributed by atoms with Crippen LogP contribution in [0.15, 0.2) is 36.4 Å². The Morgan fingerprint density at radius 1 is 1.09 bits per heavy atom. The number of amides is 2. The van der Waals surface area contributed by atoms with Crippen LogP contribution in [0.3, 0.4) is 0 Å². The maximum Gasteiger partial charge on any atom is 0.269 e. The zero-order valence-corrected chi connectivity index (χ0v) is 12.6. The number of methoxy groups -OCH3 is 2. The van der Waals surface area contributed by atoms with E-state index in [0.717, 1.165) is 4.90 Å². The van der Waals surface area contributed by atoms with Crippen molar-refractivity contribution in [2.75, 3.05) is 19.1 Å². The Hall–Kier alpha value is -2.89. The number of ether oxygens (including phenoxy) is 2. The summed E-state index contributed by atoms with van der Waals surface area (Å²) < 4.78 is 24.4. The predicted molar refractivity (Wildman–Crippen MR) is 81.5 cm³/mol. The second-order valence-corrected chi connectivity index (χ2v) is 5.03. The van der Waals surface area contributed by atoms with Gasteiger partial charge in [-0.15, -0.1) is 0 Å². The molecule has 0 bridgehead atoms. The van der Waals surface area contributed by atoms with Crippen molar-refractivity contribution in [1.82, 2.24) is 0 Å². The van der Waals surface area contributed by atoms with Gasteiger partial charge in [-0.3, -0.25) is 9.59 Å². The molecule has 2 aromatic rings. The molecule has 3 rings (SSSR count). The van der Waals surface area contributed by atoms with Crippen LogP contribution in [0.25, 0.3) is 0 Å². The first-order chi connectivity index (χ1) is 11.1. The highest BCUT2D eigenvalue weighted by molar-refractivity contribution is 6.25. The van der Waals surface area contributed by atoms with E-state index >= 15 is 0 Å². The van der Waals surface area contributed by atoms with E-state index in [1.807, 2.05) is 0 Å². The zero-order chi connectivity index (χ0) is 16.6. The van der Waals surface area contributed by atoms with Crippen molar-refractivity contribution < 1.29 is 23.5 Å². The van der Waals surface area contributed by atoms with Gasteiger partial charge >= 0.3 is 0 Å². The smallest absolute Gasteiger partial charge is 0.269 e. The topological polar surface area (TPSA) is 55.8 Å². The van der Waals surface area contributed by atoms with E-state index in [1.165, 1.54) is 32.4 Å². The monoisotopic (exact) mass is 315 g/mol. The highest BCUT2D eigenvalue weighted by Gasteiger charge is 2.36. The van der Waals surface area contributed by atoms with Crippen LogP contribution >= 0.6 is 0 Å². The highest BCUT2D eigenvalue weighted by Crippen LogP contribution is 2.35. The minimum atomic E-state index is -0.634. The standard InChI is InChI=1S/C17H14FNO4/c1-22-11-7-10-8-15(20)19(13-6-4-3-5-12(13)18)17(21)16(10)14(9-11)23-2/h3-7,9H,8H2,1-2H3. The Labute approximate surface area is 132 Å². The van der Waals surface area contributed by atoms with Gasteiger partial charge in [0.2, 0.25) is 5.91 Å². The predicted octanol–water partition coefficient (Wildman–Crippen LogP) is 2.57. The maximum absolute atomic E-state index is 14.0. The molecule has 0 aliphatic carbocycles. The van der Waals surface area contributed by atoms with E-state index in [9.17, 15) is 14.0 Å². The molecule has 0 radical (unpaired) electrons. The lowest BCUT2D eigenvalue weighted by molar-refractivity contribution is -0.117. The van der Waals surface area contributed by atoms with Crippen LogP contribution in [0, 0.1) is 5.82 Å². The number of hydrogen-bond donors (Lipinski definition) is 0. The molecule has 0 atom stereocenters. The van der Waals surface area contributed by atoms with Gasteiger partial charge in [0, 0.05) is 6.07 Å². The largest absolute Gasteiger partial charge is 0.497 e. The molecule has 0 unspecified atom stereocenters. The van der Waals surface area contributed by atoms with Crippen molar-refractivity contribution in [2.24, 2.45) is 0 Å². The summed E-state index contributed by atoms with van der Waals surface area (Å²) >= 11 is 0. The Morgan fingerprint density at radius 3 is 2.48 bits per heavy atom. The van der Waals surface area contributed by atoms with Crippen molar-refractivity contribution in [3.63, 3.8) is 0 Å². The molecule has 0 saturated heterocycles. The molecule has 118 valence electrons. The average Bonchev–Trinajstić information content (AvgIpc) is 2.55. The van der Waals surface area contributed by atoms with E-state index in [-0.39, 0.29) is 23.4 Å². The zero-order valence-electron chi connectivity index (χ0n) is 12.6. The summed E-state index contributed by atoms with van der Waals surface area (Å²) in [5.74, 6) is -0.965. The quantitative estimate of drug-likeness (QED) is 0.817. The number of nitrogens with zero attached hydrogens (tertiary/aromatic N) is 1. The van der Waals surface area contributed by atoms with Crippen LogP contribution < -0.4 is 14.4 Å². The van der Waals surface area contributed by atoms with Crippen LogP contribution in [0.5, 0.6) is 11.5 Å². The van der Waals surface area contributed by atoms with E-state index in [2.05, 4.69) is 0 Å². The summed E-state index contributed by atoms with van der Waals surface area (Å²) in [6, 6.07) is 8.85. The summed E-state index contributed by atoms with van der Waals surface area (Å²) in [6.07, 6.45) is -0.0387. The summed E-state index contributed by atoms with van der Waals surface area (Å²) in [4.78, 5) is 26.0. The summed E-state index contributed by atoms with van der Waals surface area (Å²) in [5, 5.41) is 0. The normalized spacial score (nSPS) is 13.8. The Morgan fingerprint density at radius 2 is 1.83 bits per heavy atom. The summed E-state index contributed by atoms with van der Waals surface area (Å²) in [6.45, 7) is 0. The molecule has 1 heterocycles. The van der Waals surface area contributed by atoms with E-state index in [1.54, 1.807) is 18.2 Å². The molecule has 1 aliphatic rings. The fraction of sp³-hybridized carbons (Fsp3) is 0.176. The van der Waals surface area contributed by atoms with Crippen molar-refractivity contribution >= 4 is 17.5 Å². The lowest BCUT2D eigenvalue weighted by Gasteiger charge is -2.28. The maximum atomic E-state index is 14.0. The third-order valence-corrected chi connectivity index (χ3v) is 3.71. The van der Waals surface area contributed by atoms with Crippen molar-refractivity contribution in [1.29, 1.82) is 0 Å². The number of para-hydroxylation sites is 1. The average molecular weight is 315 g/mol. The first-order valence-electron chi connectivity index (χ1n) is 6.93. The Kier molecular flexibility index (Phi) is 3.73. The number of carbonyl (C=O) groups is 2. The van der Waals surface area contributed by atoms with Crippen molar-refractivity contribution in [3.05, 3.63) is 53.3 Å². The second-order valence-electron chi connectivity index (χ2n) is 5.03. The van der Waals surface area contributed by atoms with Gasteiger partial charge in [-0.05, 0) is 23.8 Å². The summed E-state index contributed by atoms with van der Waals surface area (Å²) in [7, 11) is 2.91. The Balaban J connectivity index is 2.16. The van der Waals surface area contributed by atoms with E-state index in [0.29, 0.717) is 11.3 Å². The molecule has 0 fully saturated rings. The van der Waals surface area contributed by atoms with Crippen LogP contribution in [-0.4, -0.2) is 26.0 Å². The number of halogens is 1. The number of hydrogen-bond acceptors (Lipinski definition) is 4. The minimum Gasteiger partial charge on any atom is -0.497 e. The number of anilines is 1. The third-order valence-electron chi connectivity index (χ3n) is 3.71. The third kappa shape index (κ3) is 2.42. The number of benzene rings is 2. The van der Waals surface area contributed by atoms with Gasteiger partial charge < -0.3 is 9.47 Å². The van der Waals surface area contributed by atoms with Gasteiger partial charge in [-0.2, -0.15) is 0 Å². The fourth-order valence-electron chi connectivity index (χ4n) is 2.65.